The van der Waals surface area contributed by atoms with Crippen molar-refractivity contribution >= 4 is 22.6 Å². The fourth-order valence-electron chi connectivity index (χ4n) is 2.92. The molecule has 3 aromatic carbocycles. The van der Waals surface area contributed by atoms with Gasteiger partial charge in [0.2, 0.25) is 0 Å². The summed E-state index contributed by atoms with van der Waals surface area (Å²) in [5.74, 6) is 0. The van der Waals surface area contributed by atoms with E-state index in [1.807, 2.05) is 42.5 Å². The summed E-state index contributed by atoms with van der Waals surface area (Å²) in [4.78, 5) is 9.56. The first kappa shape index (κ1) is 16.0. The molecule has 120 valence electrons. The van der Waals surface area contributed by atoms with Gasteiger partial charge < -0.3 is 0 Å². The first-order valence-electron chi connectivity index (χ1n) is 8.07. The van der Waals surface area contributed by atoms with Crippen molar-refractivity contribution in [1.29, 1.82) is 0 Å². The van der Waals surface area contributed by atoms with E-state index in [1.54, 1.807) is 0 Å². The molecule has 0 aliphatic carbocycles. The highest BCUT2D eigenvalue weighted by atomic mass is 127. The predicted octanol–water partition coefficient (Wildman–Crippen LogP) is 6.08. The standard InChI is InChI=1S/C22H15IN2/c23-22-24-20(17-12-6-2-7-13-17)19(16-10-4-1-5-11-16)21(25-22)18-14-8-3-9-15-18/h1-15H. The van der Waals surface area contributed by atoms with Crippen molar-refractivity contribution in [3.63, 3.8) is 0 Å². The molecule has 0 atom stereocenters. The van der Waals surface area contributed by atoms with E-state index in [2.05, 4.69) is 71.1 Å². The molecular weight excluding hydrogens is 419 g/mol. The van der Waals surface area contributed by atoms with Gasteiger partial charge in [-0.3, -0.25) is 0 Å². The number of rotatable bonds is 3. The van der Waals surface area contributed by atoms with Crippen LogP contribution in [0.25, 0.3) is 33.6 Å². The van der Waals surface area contributed by atoms with Crippen LogP contribution in [0.2, 0.25) is 0 Å². The zero-order valence-corrected chi connectivity index (χ0v) is 15.6. The van der Waals surface area contributed by atoms with Gasteiger partial charge in [0.05, 0.1) is 11.4 Å². The van der Waals surface area contributed by atoms with Gasteiger partial charge in [0.1, 0.15) is 0 Å². The molecule has 0 aliphatic rings. The molecule has 4 aromatic rings. The number of nitrogens with zero attached hydrogens (tertiary/aromatic N) is 2. The lowest BCUT2D eigenvalue weighted by atomic mass is 9.95. The van der Waals surface area contributed by atoms with Gasteiger partial charge in [-0.05, 0) is 5.56 Å². The van der Waals surface area contributed by atoms with Crippen molar-refractivity contribution in [1.82, 2.24) is 9.97 Å². The van der Waals surface area contributed by atoms with Gasteiger partial charge >= 0.3 is 0 Å². The van der Waals surface area contributed by atoms with Crippen LogP contribution >= 0.6 is 22.6 Å². The average molecular weight is 434 g/mol. The molecule has 0 saturated carbocycles. The second-order valence-corrected chi connectivity index (χ2v) is 6.63. The Hall–Kier alpha value is -2.53. The van der Waals surface area contributed by atoms with Crippen LogP contribution in [0.5, 0.6) is 0 Å². The molecule has 0 radical (unpaired) electrons. The SMILES string of the molecule is Ic1nc(-c2ccccc2)c(-c2ccccc2)c(-c2ccccc2)n1. The number of benzene rings is 3. The third kappa shape index (κ3) is 3.33. The average Bonchev–Trinajstić information content (AvgIpc) is 2.69. The molecule has 0 fully saturated rings. The first-order chi connectivity index (χ1) is 12.3. The van der Waals surface area contributed by atoms with E-state index >= 15 is 0 Å². The van der Waals surface area contributed by atoms with Crippen LogP contribution in [0, 0.1) is 3.83 Å². The van der Waals surface area contributed by atoms with Crippen molar-refractivity contribution in [3.8, 4) is 33.6 Å². The number of hydrogen-bond acceptors (Lipinski definition) is 2. The fourth-order valence-corrected chi connectivity index (χ4v) is 3.40. The Morgan fingerprint density at radius 3 is 1.24 bits per heavy atom. The lowest BCUT2D eigenvalue weighted by Crippen LogP contribution is -2.00. The summed E-state index contributed by atoms with van der Waals surface area (Å²) in [5, 5.41) is 0. The Kier molecular flexibility index (Phi) is 4.57. The summed E-state index contributed by atoms with van der Waals surface area (Å²) < 4.78 is 0.745. The van der Waals surface area contributed by atoms with E-state index in [9.17, 15) is 0 Å². The molecule has 0 amide bonds. The minimum absolute atomic E-state index is 0.745. The van der Waals surface area contributed by atoms with E-state index in [-0.39, 0.29) is 0 Å². The smallest absolute Gasteiger partial charge is 0.191 e. The summed E-state index contributed by atoms with van der Waals surface area (Å²) >= 11 is 2.20. The van der Waals surface area contributed by atoms with E-state index in [0.29, 0.717) is 0 Å². The molecule has 0 bridgehead atoms. The third-order valence-electron chi connectivity index (χ3n) is 4.04. The number of halogens is 1. The Morgan fingerprint density at radius 1 is 0.480 bits per heavy atom. The summed E-state index contributed by atoms with van der Waals surface area (Å²) in [6.07, 6.45) is 0. The van der Waals surface area contributed by atoms with Gasteiger partial charge in [-0.25, -0.2) is 9.97 Å². The molecule has 0 N–H and O–H groups in total. The Balaban J connectivity index is 2.07. The van der Waals surface area contributed by atoms with Crippen LogP contribution in [0.4, 0.5) is 0 Å². The van der Waals surface area contributed by atoms with Crippen LogP contribution in [0.3, 0.4) is 0 Å². The van der Waals surface area contributed by atoms with Gasteiger partial charge in [-0.1, -0.05) is 91.0 Å². The van der Waals surface area contributed by atoms with E-state index < -0.39 is 0 Å². The van der Waals surface area contributed by atoms with E-state index in [0.717, 1.165) is 37.5 Å². The first-order valence-corrected chi connectivity index (χ1v) is 9.14. The molecular formula is C22H15IN2. The van der Waals surface area contributed by atoms with Crippen LogP contribution < -0.4 is 0 Å². The quantitative estimate of drug-likeness (QED) is 0.289. The van der Waals surface area contributed by atoms with Crippen molar-refractivity contribution in [2.45, 2.75) is 0 Å². The highest BCUT2D eigenvalue weighted by Crippen LogP contribution is 2.37. The molecule has 1 heterocycles. The van der Waals surface area contributed by atoms with E-state index in [1.165, 1.54) is 0 Å². The summed E-state index contributed by atoms with van der Waals surface area (Å²) in [6.45, 7) is 0. The van der Waals surface area contributed by atoms with Gasteiger partial charge in [-0.2, -0.15) is 0 Å². The maximum Gasteiger partial charge on any atom is 0.191 e. The van der Waals surface area contributed by atoms with Crippen molar-refractivity contribution in [2.75, 3.05) is 0 Å². The van der Waals surface area contributed by atoms with Crippen LogP contribution in [-0.2, 0) is 0 Å². The molecule has 25 heavy (non-hydrogen) atoms. The molecule has 1 aromatic heterocycles. The van der Waals surface area contributed by atoms with Crippen molar-refractivity contribution in [3.05, 3.63) is 94.8 Å². The molecule has 4 rings (SSSR count). The van der Waals surface area contributed by atoms with Gasteiger partial charge in [-0.15, -0.1) is 0 Å². The van der Waals surface area contributed by atoms with Crippen molar-refractivity contribution in [2.24, 2.45) is 0 Å². The third-order valence-corrected chi connectivity index (χ3v) is 4.52. The maximum absolute atomic E-state index is 4.78. The minimum atomic E-state index is 0.745. The normalized spacial score (nSPS) is 10.6. The summed E-state index contributed by atoms with van der Waals surface area (Å²) in [6, 6.07) is 31.0. The Bertz CT molecular complexity index is 924. The molecule has 0 unspecified atom stereocenters. The second kappa shape index (κ2) is 7.15. The monoisotopic (exact) mass is 434 g/mol. The molecule has 0 saturated heterocycles. The fraction of sp³-hybridized carbons (Fsp3) is 0. The topological polar surface area (TPSA) is 25.8 Å². The van der Waals surface area contributed by atoms with Crippen LogP contribution in [-0.4, -0.2) is 9.97 Å². The highest BCUT2D eigenvalue weighted by molar-refractivity contribution is 14.1. The Labute approximate surface area is 160 Å². The van der Waals surface area contributed by atoms with Crippen molar-refractivity contribution < 1.29 is 0 Å². The molecule has 0 spiro atoms. The zero-order chi connectivity index (χ0) is 17.1. The second-order valence-electron chi connectivity index (χ2n) is 5.66. The lowest BCUT2D eigenvalue weighted by molar-refractivity contribution is 1.12. The highest BCUT2D eigenvalue weighted by Gasteiger charge is 2.18. The van der Waals surface area contributed by atoms with Gasteiger partial charge in [0, 0.05) is 39.3 Å². The number of hydrogen-bond donors (Lipinski definition) is 0. The summed E-state index contributed by atoms with van der Waals surface area (Å²) in [5.41, 5.74) is 6.31. The van der Waals surface area contributed by atoms with Gasteiger partial charge in [0.25, 0.3) is 0 Å². The molecule has 3 heteroatoms. The minimum Gasteiger partial charge on any atom is -0.222 e. The predicted molar refractivity (Wildman–Crippen MR) is 111 cm³/mol. The summed E-state index contributed by atoms with van der Waals surface area (Å²) in [7, 11) is 0. The Morgan fingerprint density at radius 2 is 0.840 bits per heavy atom. The molecule has 2 nitrogen and oxygen atoms in total. The maximum atomic E-state index is 4.78. The number of aromatic nitrogens is 2. The van der Waals surface area contributed by atoms with Crippen LogP contribution in [0.15, 0.2) is 91.0 Å². The lowest BCUT2D eigenvalue weighted by Gasteiger charge is -2.15. The molecule has 0 aliphatic heterocycles. The zero-order valence-electron chi connectivity index (χ0n) is 13.4. The van der Waals surface area contributed by atoms with Crippen LogP contribution in [0.1, 0.15) is 0 Å². The van der Waals surface area contributed by atoms with Gasteiger partial charge in [0.15, 0.2) is 3.83 Å². The van der Waals surface area contributed by atoms with E-state index in [4.69, 9.17) is 9.97 Å². The largest absolute Gasteiger partial charge is 0.222 e.